The zero-order valence-electron chi connectivity index (χ0n) is 19.1. The van der Waals surface area contributed by atoms with E-state index in [9.17, 15) is 28.3 Å². The van der Waals surface area contributed by atoms with Gasteiger partial charge in [-0.25, -0.2) is 18.4 Å². The number of fused-ring (bicyclic) bond motifs is 3. The van der Waals surface area contributed by atoms with Crippen LogP contribution in [0.25, 0.3) is 11.1 Å². The van der Waals surface area contributed by atoms with E-state index >= 15 is 0 Å². The topological polar surface area (TPSA) is 105 Å². The number of carboxylic acid groups (broad SMARTS) is 1. The molecular weight excluding hydrogens is 462 g/mol. The average Bonchev–Trinajstić information content (AvgIpc) is 3.34. The summed E-state index contributed by atoms with van der Waals surface area (Å²) in [7, 11) is 1.39. The fourth-order valence-electron chi connectivity index (χ4n) is 4.74. The summed E-state index contributed by atoms with van der Waals surface area (Å²) in [4.78, 5) is 37.7. The fraction of sp³-hybridized carbons (Fsp3) is 0.400. The van der Waals surface area contributed by atoms with Crippen molar-refractivity contribution in [2.75, 3.05) is 26.9 Å². The van der Waals surface area contributed by atoms with Crippen LogP contribution < -0.4 is 5.32 Å². The van der Waals surface area contributed by atoms with Gasteiger partial charge in [0.25, 0.3) is 5.92 Å². The summed E-state index contributed by atoms with van der Waals surface area (Å²) in [5.74, 6) is -5.97. The van der Waals surface area contributed by atoms with Gasteiger partial charge in [-0.05, 0) is 22.3 Å². The number of nitrogens with zero attached hydrogens (tertiary/aromatic N) is 1. The molecule has 1 aliphatic heterocycles. The van der Waals surface area contributed by atoms with E-state index in [0.29, 0.717) is 4.90 Å². The molecule has 0 radical (unpaired) electrons. The van der Waals surface area contributed by atoms with Crippen LogP contribution in [0.4, 0.5) is 13.6 Å². The lowest BCUT2D eigenvalue weighted by atomic mass is 9.98. The Kier molecular flexibility index (Phi) is 7.02. The number of carbonyl (C=O) groups excluding carboxylic acids is 2. The minimum absolute atomic E-state index is 0.00455. The number of nitrogens with one attached hydrogen (secondary N) is 1. The number of benzene rings is 2. The number of likely N-dealkylation sites (tertiary alicyclic amines) is 1. The number of hydrogen-bond donors (Lipinski definition) is 2. The van der Waals surface area contributed by atoms with Crippen molar-refractivity contribution < 1.29 is 37.7 Å². The van der Waals surface area contributed by atoms with Crippen molar-refractivity contribution in [1.82, 2.24) is 10.2 Å². The maximum Gasteiger partial charge on any atom is 0.407 e. The average molecular weight is 488 g/mol. The van der Waals surface area contributed by atoms with Crippen molar-refractivity contribution in [2.45, 2.75) is 36.8 Å². The molecule has 1 aliphatic carbocycles. The molecule has 186 valence electrons. The van der Waals surface area contributed by atoms with Gasteiger partial charge in [0, 0.05) is 32.5 Å². The van der Waals surface area contributed by atoms with Crippen molar-refractivity contribution >= 4 is 18.0 Å². The molecule has 1 unspecified atom stereocenters. The lowest BCUT2D eigenvalue weighted by Gasteiger charge is -2.27. The zero-order valence-corrected chi connectivity index (χ0v) is 19.1. The Bertz CT molecular complexity index is 1080. The molecule has 10 heteroatoms. The smallest absolute Gasteiger partial charge is 0.407 e. The van der Waals surface area contributed by atoms with E-state index in [0.717, 1.165) is 22.3 Å². The van der Waals surface area contributed by atoms with Crippen LogP contribution >= 0.6 is 0 Å². The number of hydrogen-bond acceptors (Lipinski definition) is 5. The quantitative estimate of drug-likeness (QED) is 0.591. The number of alkyl halides is 2. The maximum atomic E-state index is 13.9. The third kappa shape index (κ3) is 5.12. The third-order valence-corrected chi connectivity index (χ3v) is 6.38. The van der Waals surface area contributed by atoms with Crippen molar-refractivity contribution in [2.24, 2.45) is 0 Å². The Morgan fingerprint density at radius 2 is 1.71 bits per heavy atom. The summed E-state index contributed by atoms with van der Waals surface area (Å²) in [6.45, 7) is -0.981. The van der Waals surface area contributed by atoms with E-state index in [4.69, 9.17) is 9.47 Å². The van der Waals surface area contributed by atoms with E-state index in [-0.39, 0.29) is 25.6 Å². The van der Waals surface area contributed by atoms with E-state index < -0.39 is 48.9 Å². The lowest BCUT2D eigenvalue weighted by Crippen LogP contribution is -2.52. The Labute approximate surface area is 200 Å². The minimum atomic E-state index is -3.33. The van der Waals surface area contributed by atoms with Crippen LogP contribution in [0.5, 0.6) is 0 Å². The molecule has 2 aliphatic rings. The highest BCUT2D eigenvalue weighted by atomic mass is 19.3. The number of alkyl carbamates (subject to hydrolysis) is 1. The number of methoxy groups -OCH3 is 1. The molecule has 2 aromatic carbocycles. The summed E-state index contributed by atoms with van der Waals surface area (Å²) in [6, 6.07) is 12.7. The SMILES string of the molecule is COCCC(NC(=O)OCC1c2ccccc2-c2ccccc21)C(=O)N1CC(F)(F)C[C@@H]1C(=O)O. The largest absolute Gasteiger partial charge is 0.480 e. The van der Waals surface area contributed by atoms with Gasteiger partial charge in [0.05, 0.1) is 6.54 Å². The van der Waals surface area contributed by atoms with Crippen LogP contribution in [-0.4, -0.2) is 72.9 Å². The molecule has 2 atom stereocenters. The predicted octanol–water partition coefficient (Wildman–Crippen LogP) is 3.25. The van der Waals surface area contributed by atoms with E-state index in [1.165, 1.54) is 7.11 Å². The summed E-state index contributed by atoms with van der Waals surface area (Å²) < 4.78 is 38.2. The maximum absolute atomic E-state index is 13.9. The monoisotopic (exact) mass is 488 g/mol. The Hall–Kier alpha value is -3.53. The number of rotatable bonds is 8. The van der Waals surface area contributed by atoms with Crippen molar-refractivity contribution in [3.05, 3.63) is 59.7 Å². The van der Waals surface area contributed by atoms with Gasteiger partial charge in [0.15, 0.2) is 0 Å². The molecule has 35 heavy (non-hydrogen) atoms. The standard InChI is InChI=1S/C25H26F2N2O6/c1-34-11-10-20(22(30)29-14-25(26,27)12-21(29)23(31)32)28-24(33)35-13-19-17-8-4-2-6-15(17)16-7-3-5-9-18(16)19/h2-9,19-21H,10-14H2,1H3,(H,28,33)(H,31,32)/t20?,21-/m1/s1. The summed E-state index contributed by atoms with van der Waals surface area (Å²) in [6.07, 6.45) is -1.91. The van der Waals surface area contributed by atoms with Gasteiger partial charge in [0.2, 0.25) is 5.91 Å². The zero-order chi connectivity index (χ0) is 25.2. The molecule has 0 spiro atoms. The molecule has 1 saturated heterocycles. The first-order valence-corrected chi connectivity index (χ1v) is 11.2. The van der Waals surface area contributed by atoms with E-state index in [1.54, 1.807) is 0 Å². The second-order valence-electron chi connectivity index (χ2n) is 8.68. The van der Waals surface area contributed by atoms with Crippen molar-refractivity contribution in [1.29, 1.82) is 0 Å². The van der Waals surface area contributed by atoms with Gasteiger partial charge >= 0.3 is 12.1 Å². The highest BCUT2D eigenvalue weighted by Crippen LogP contribution is 2.44. The Morgan fingerprint density at radius 1 is 1.11 bits per heavy atom. The highest BCUT2D eigenvalue weighted by molar-refractivity contribution is 5.90. The minimum Gasteiger partial charge on any atom is -0.480 e. The molecule has 0 aromatic heterocycles. The Morgan fingerprint density at radius 3 is 2.29 bits per heavy atom. The number of ether oxygens (including phenoxy) is 2. The normalized spacial score (nSPS) is 19.1. The summed E-state index contributed by atoms with van der Waals surface area (Å²) >= 11 is 0. The van der Waals surface area contributed by atoms with Crippen LogP contribution in [0.3, 0.4) is 0 Å². The summed E-state index contributed by atoms with van der Waals surface area (Å²) in [5.41, 5.74) is 4.13. The van der Waals surface area contributed by atoms with Crippen molar-refractivity contribution in [3.8, 4) is 11.1 Å². The number of amides is 2. The third-order valence-electron chi connectivity index (χ3n) is 6.38. The fourth-order valence-corrected chi connectivity index (χ4v) is 4.74. The van der Waals surface area contributed by atoms with Gasteiger partial charge in [-0.15, -0.1) is 0 Å². The molecule has 0 bridgehead atoms. The first kappa shape index (κ1) is 24.6. The highest BCUT2D eigenvalue weighted by Gasteiger charge is 2.51. The van der Waals surface area contributed by atoms with Gasteiger partial charge in [-0.2, -0.15) is 0 Å². The molecule has 1 heterocycles. The molecule has 2 aromatic rings. The van der Waals surface area contributed by atoms with Crippen LogP contribution in [0, 0.1) is 0 Å². The van der Waals surface area contributed by atoms with E-state index in [1.807, 2.05) is 48.5 Å². The predicted molar refractivity (Wildman–Crippen MR) is 121 cm³/mol. The molecule has 0 saturated carbocycles. The number of carbonyl (C=O) groups is 3. The number of halogens is 2. The number of aliphatic carboxylic acids is 1. The first-order valence-electron chi connectivity index (χ1n) is 11.2. The molecule has 4 rings (SSSR count). The summed E-state index contributed by atoms with van der Waals surface area (Å²) in [5, 5.41) is 11.7. The molecular formula is C25H26F2N2O6. The molecule has 1 fully saturated rings. The Balaban J connectivity index is 1.45. The molecule has 2 N–H and O–H groups in total. The van der Waals surface area contributed by atoms with Crippen LogP contribution in [0.1, 0.15) is 29.9 Å². The van der Waals surface area contributed by atoms with Crippen LogP contribution in [0.15, 0.2) is 48.5 Å². The second kappa shape index (κ2) is 9.99. The van der Waals surface area contributed by atoms with Crippen molar-refractivity contribution in [3.63, 3.8) is 0 Å². The number of carboxylic acids is 1. The molecule has 8 nitrogen and oxygen atoms in total. The first-order chi connectivity index (χ1) is 16.7. The second-order valence-corrected chi connectivity index (χ2v) is 8.68. The molecule has 2 amide bonds. The lowest BCUT2D eigenvalue weighted by molar-refractivity contribution is -0.149. The van der Waals surface area contributed by atoms with Crippen LogP contribution in [0.2, 0.25) is 0 Å². The van der Waals surface area contributed by atoms with Gasteiger partial charge < -0.3 is 24.8 Å². The van der Waals surface area contributed by atoms with Gasteiger partial charge in [-0.3, -0.25) is 4.79 Å². The van der Waals surface area contributed by atoms with Crippen LogP contribution in [-0.2, 0) is 19.1 Å². The van der Waals surface area contributed by atoms with E-state index in [2.05, 4.69) is 5.32 Å². The van der Waals surface area contributed by atoms with Gasteiger partial charge in [-0.1, -0.05) is 48.5 Å². The van der Waals surface area contributed by atoms with Gasteiger partial charge in [0.1, 0.15) is 18.7 Å².